The first-order valence-corrected chi connectivity index (χ1v) is 7.44. The Labute approximate surface area is 138 Å². The minimum atomic E-state index is -0.409. The number of allylic oxidation sites excluding steroid dienone is 1. The highest BCUT2D eigenvalue weighted by atomic mass is 16.5. The number of hydrogen-bond acceptors (Lipinski definition) is 4. The quantitative estimate of drug-likeness (QED) is 0.696. The van der Waals surface area contributed by atoms with Gasteiger partial charge in [-0.1, -0.05) is 12.1 Å². The molecule has 5 nitrogen and oxygen atoms in total. The van der Waals surface area contributed by atoms with Crippen LogP contribution in [0.2, 0.25) is 0 Å². The van der Waals surface area contributed by atoms with Gasteiger partial charge in [0.2, 0.25) is 0 Å². The van der Waals surface area contributed by atoms with Crippen molar-refractivity contribution < 1.29 is 9.53 Å². The van der Waals surface area contributed by atoms with Crippen molar-refractivity contribution in [3.05, 3.63) is 76.2 Å². The van der Waals surface area contributed by atoms with Crippen molar-refractivity contribution >= 4 is 23.0 Å². The van der Waals surface area contributed by atoms with Gasteiger partial charge in [0, 0.05) is 18.3 Å². The largest absolute Gasteiger partial charge is 0.497 e. The van der Waals surface area contributed by atoms with Crippen LogP contribution in [0.5, 0.6) is 5.75 Å². The van der Waals surface area contributed by atoms with Gasteiger partial charge in [-0.15, -0.1) is 0 Å². The number of rotatable bonds is 3. The molecule has 0 unspecified atom stereocenters. The lowest BCUT2D eigenvalue weighted by Gasteiger charge is -2.07. The van der Waals surface area contributed by atoms with Crippen LogP contribution in [0.15, 0.2) is 59.5 Å². The number of carbonyl (C=O) groups is 1. The van der Waals surface area contributed by atoms with Gasteiger partial charge in [-0.3, -0.25) is 14.6 Å². The number of benzene rings is 1. The van der Waals surface area contributed by atoms with E-state index < -0.39 is 5.91 Å². The van der Waals surface area contributed by atoms with Crippen LogP contribution in [0.25, 0.3) is 17.1 Å². The number of carbonyl (C=O) groups excluding carboxylic acids is 1. The fraction of sp³-hybridized carbons (Fsp3) is 0.105. The highest BCUT2D eigenvalue weighted by molar-refractivity contribution is 5.99. The lowest BCUT2D eigenvalue weighted by Crippen LogP contribution is -2.25. The van der Waals surface area contributed by atoms with E-state index in [0.717, 1.165) is 21.4 Å². The average Bonchev–Trinajstić information content (AvgIpc) is 2.60. The summed E-state index contributed by atoms with van der Waals surface area (Å²) in [5.41, 5.74) is 2.37. The first kappa shape index (κ1) is 15.7. The molecule has 0 N–H and O–H groups in total. The molecule has 0 aliphatic heterocycles. The average molecular weight is 320 g/mol. The smallest absolute Gasteiger partial charge is 0.258 e. The standard InChI is InChI=1S/C19H16N2O3/c1-13-12-18(23)21(16-4-3-11-20-19(13)16)17(22)10-7-14-5-8-15(24-2)9-6-14/h3-12H,1-2H3. The van der Waals surface area contributed by atoms with Gasteiger partial charge in [0.25, 0.3) is 11.5 Å². The minimum absolute atomic E-state index is 0.364. The summed E-state index contributed by atoms with van der Waals surface area (Å²) >= 11 is 0. The Morgan fingerprint density at radius 3 is 2.67 bits per heavy atom. The zero-order valence-corrected chi connectivity index (χ0v) is 13.4. The summed E-state index contributed by atoms with van der Waals surface area (Å²) in [6.45, 7) is 1.80. The molecule has 0 bridgehead atoms. The van der Waals surface area contributed by atoms with Crippen LogP contribution < -0.4 is 10.3 Å². The lowest BCUT2D eigenvalue weighted by molar-refractivity contribution is 0.0971. The molecule has 5 heteroatoms. The molecule has 0 aliphatic carbocycles. The maximum Gasteiger partial charge on any atom is 0.258 e. The maximum absolute atomic E-state index is 12.5. The first-order chi connectivity index (χ1) is 11.6. The molecule has 2 aromatic heterocycles. The Morgan fingerprint density at radius 1 is 1.21 bits per heavy atom. The van der Waals surface area contributed by atoms with E-state index >= 15 is 0 Å². The van der Waals surface area contributed by atoms with Gasteiger partial charge in [-0.2, -0.15) is 0 Å². The van der Waals surface area contributed by atoms with Gasteiger partial charge in [0.15, 0.2) is 0 Å². The van der Waals surface area contributed by atoms with Gasteiger partial charge < -0.3 is 4.74 Å². The molecular formula is C19H16N2O3. The second kappa shape index (κ2) is 6.50. The van der Waals surface area contributed by atoms with E-state index in [0.29, 0.717) is 11.0 Å². The highest BCUT2D eigenvalue weighted by Crippen LogP contribution is 2.14. The molecule has 0 saturated heterocycles. The summed E-state index contributed by atoms with van der Waals surface area (Å²) in [6.07, 6.45) is 4.68. The predicted octanol–water partition coefficient (Wildman–Crippen LogP) is 3.07. The zero-order valence-electron chi connectivity index (χ0n) is 13.4. The van der Waals surface area contributed by atoms with Crippen LogP contribution in [-0.4, -0.2) is 22.6 Å². The Bertz CT molecular complexity index is 986. The molecule has 0 radical (unpaired) electrons. The number of pyridine rings is 2. The maximum atomic E-state index is 12.5. The van der Waals surface area contributed by atoms with E-state index in [1.807, 2.05) is 24.3 Å². The number of hydrogen-bond donors (Lipinski definition) is 0. The van der Waals surface area contributed by atoms with Crippen LogP contribution in [-0.2, 0) is 0 Å². The Balaban J connectivity index is 1.99. The van der Waals surface area contributed by atoms with Crippen molar-refractivity contribution in [1.82, 2.24) is 9.55 Å². The third-order valence-electron chi connectivity index (χ3n) is 3.72. The van der Waals surface area contributed by atoms with Crippen molar-refractivity contribution in [3.8, 4) is 5.75 Å². The highest BCUT2D eigenvalue weighted by Gasteiger charge is 2.11. The molecule has 0 fully saturated rings. The van der Waals surface area contributed by atoms with E-state index in [1.54, 1.807) is 38.4 Å². The molecule has 0 aliphatic rings. The second-order valence-electron chi connectivity index (χ2n) is 5.32. The molecule has 1 aromatic carbocycles. The van der Waals surface area contributed by atoms with Crippen LogP contribution in [0.3, 0.4) is 0 Å². The van der Waals surface area contributed by atoms with Crippen LogP contribution in [0.1, 0.15) is 15.9 Å². The summed E-state index contributed by atoms with van der Waals surface area (Å²) in [7, 11) is 1.59. The van der Waals surface area contributed by atoms with Crippen molar-refractivity contribution in [1.29, 1.82) is 0 Å². The van der Waals surface area contributed by atoms with Gasteiger partial charge in [-0.05, 0) is 48.4 Å². The molecule has 120 valence electrons. The zero-order chi connectivity index (χ0) is 17.1. The van der Waals surface area contributed by atoms with Crippen molar-refractivity contribution in [2.24, 2.45) is 0 Å². The SMILES string of the molecule is COc1ccc(C=CC(=O)n2c(=O)cc(C)c3ncccc32)cc1. The predicted molar refractivity (Wildman–Crippen MR) is 93.4 cm³/mol. The number of methoxy groups -OCH3 is 1. The Morgan fingerprint density at radius 2 is 1.96 bits per heavy atom. The van der Waals surface area contributed by atoms with Gasteiger partial charge >= 0.3 is 0 Å². The summed E-state index contributed by atoms with van der Waals surface area (Å²) in [5.74, 6) is 0.333. The van der Waals surface area contributed by atoms with E-state index in [9.17, 15) is 9.59 Å². The lowest BCUT2D eigenvalue weighted by atomic mass is 10.2. The Hall–Kier alpha value is -3.21. The fourth-order valence-corrected chi connectivity index (χ4v) is 2.50. The molecule has 2 heterocycles. The Kier molecular flexibility index (Phi) is 4.24. The minimum Gasteiger partial charge on any atom is -0.497 e. The molecule has 0 atom stereocenters. The summed E-state index contributed by atoms with van der Waals surface area (Å²) < 4.78 is 6.23. The fourth-order valence-electron chi connectivity index (χ4n) is 2.50. The number of nitrogens with zero attached hydrogens (tertiary/aromatic N) is 2. The van der Waals surface area contributed by atoms with Crippen LogP contribution >= 0.6 is 0 Å². The summed E-state index contributed by atoms with van der Waals surface area (Å²) in [4.78, 5) is 29.0. The second-order valence-corrected chi connectivity index (χ2v) is 5.32. The van der Waals surface area contributed by atoms with Crippen molar-refractivity contribution in [2.75, 3.05) is 7.11 Å². The van der Waals surface area contributed by atoms with Crippen LogP contribution in [0, 0.1) is 6.92 Å². The molecular weight excluding hydrogens is 304 g/mol. The van der Waals surface area contributed by atoms with Crippen molar-refractivity contribution in [2.45, 2.75) is 6.92 Å². The number of aromatic nitrogens is 2. The first-order valence-electron chi connectivity index (χ1n) is 7.44. The summed E-state index contributed by atoms with van der Waals surface area (Å²) in [5, 5.41) is 0. The molecule has 0 saturated carbocycles. The topological polar surface area (TPSA) is 61.2 Å². The van der Waals surface area contributed by atoms with E-state index in [-0.39, 0.29) is 5.56 Å². The summed E-state index contributed by atoms with van der Waals surface area (Å²) in [6, 6.07) is 12.1. The molecule has 0 amide bonds. The monoisotopic (exact) mass is 320 g/mol. The van der Waals surface area contributed by atoms with Gasteiger partial charge in [0.05, 0.1) is 18.1 Å². The van der Waals surface area contributed by atoms with Crippen LogP contribution in [0.4, 0.5) is 0 Å². The molecule has 24 heavy (non-hydrogen) atoms. The van der Waals surface area contributed by atoms with E-state index in [4.69, 9.17) is 4.74 Å². The van der Waals surface area contributed by atoms with Gasteiger partial charge in [0.1, 0.15) is 5.75 Å². The third-order valence-corrected chi connectivity index (χ3v) is 3.72. The normalized spacial score (nSPS) is 11.1. The van der Waals surface area contributed by atoms with E-state index in [1.165, 1.54) is 12.1 Å². The number of fused-ring (bicyclic) bond motifs is 1. The van der Waals surface area contributed by atoms with E-state index in [2.05, 4.69) is 4.98 Å². The van der Waals surface area contributed by atoms with Crippen molar-refractivity contribution in [3.63, 3.8) is 0 Å². The molecule has 3 aromatic rings. The number of aryl methyl sites for hydroxylation is 1. The number of ether oxygens (including phenoxy) is 1. The molecule has 0 spiro atoms. The third kappa shape index (κ3) is 2.96. The van der Waals surface area contributed by atoms with Gasteiger partial charge in [-0.25, -0.2) is 4.57 Å². The molecule has 3 rings (SSSR count).